The van der Waals surface area contributed by atoms with Crippen LogP contribution in [-0.4, -0.2) is 20.8 Å². The molecule has 1 aliphatic heterocycles. The summed E-state index contributed by atoms with van der Waals surface area (Å²) in [6.45, 7) is 1.80. The van der Waals surface area contributed by atoms with Gasteiger partial charge in [0.2, 0.25) is 0 Å². The van der Waals surface area contributed by atoms with Gasteiger partial charge in [-0.25, -0.2) is 4.79 Å². The highest BCUT2D eigenvalue weighted by molar-refractivity contribution is 6.33. The van der Waals surface area contributed by atoms with Crippen LogP contribution in [0.2, 0.25) is 5.02 Å². The molecule has 0 fully saturated rings. The fourth-order valence-corrected chi connectivity index (χ4v) is 3.43. The van der Waals surface area contributed by atoms with Crippen LogP contribution in [0.1, 0.15) is 12.5 Å². The first kappa shape index (κ1) is 17.3. The van der Waals surface area contributed by atoms with Crippen molar-refractivity contribution in [3.63, 3.8) is 0 Å². The maximum Gasteiger partial charge on any atom is 0.328 e. The minimum Gasteiger partial charge on any atom is -0.295 e. The second kappa shape index (κ2) is 6.25. The summed E-state index contributed by atoms with van der Waals surface area (Å²) >= 11 is 6.03. The first-order chi connectivity index (χ1) is 12.9. The average molecular weight is 381 g/mol. The normalized spacial score (nSPS) is 15.9. The molecule has 1 aliphatic rings. The van der Waals surface area contributed by atoms with Crippen LogP contribution >= 0.6 is 11.6 Å². The van der Waals surface area contributed by atoms with E-state index in [1.165, 1.54) is 5.01 Å². The molecular formula is C20H17ClN4O2. The molecule has 0 N–H and O–H groups in total. The predicted octanol–water partition coefficient (Wildman–Crippen LogP) is 3.34. The van der Waals surface area contributed by atoms with E-state index in [9.17, 15) is 9.59 Å². The lowest BCUT2D eigenvalue weighted by Crippen LogP contribution is -2.21. The molecular weight excluding hydrogens is 364 g/mol. The molecule has 27 heavy (non-hydrogen) atoms. The molecule has 4 rings (SSSR count). The molecule has 6 nitrogen and oxygen atoms in total. The molecule has 0 unspecified atom stereocenters. The van der Waals surface area contributed by atoms with Gasteiger partial charge in [0.25, 0.3) is 5.91 Å². The third kappa shape index (κ3) is 2.78. The van der Waals surface area contributed by atoms with Crippen LogP contribution in [-0.2, 0) is 18.9 Å². The van der Waals surface area contributed by atoms with E-state index >= 15 is 0 Å². The van der Waals surface area contributed by atoms with Crippen LogP contribution in [0.4, 0.5) is 5.69 Å². The highest BCUT2D eigenvalue weighted by atomic mass is 35.5. The highest BCUT2D eigenvalue weighted by Gasteiger charge is 2.28. The van der Waals surface area contributed by atoms with Gasteiger partial charge in [0.1, 0.15) is 0 Å². The Labute approximate surface area is 160 Å². The minimum atomic E-state index is -0.211. The number of aromatic nitrogens is 2. The summed E-state index contributed by atoms with van der Waals surface area (Å²) in [6.07, 6.45) is 1.79. The number of aryl methyl sites for hydroxylation is 2. The first-order valence-corrected chi connectivity index (χ1v) is 8.77. The molecule has 0 atom stereocenters. The monoisotopic (exact) mass is 380 g/mol. The van der Waals surface area contributed by atoms with Gasteiger partial charge in [-0.2, -0.15) is 10.1 Å². The Balaban J connectivity index is 1.75. The predicted molar refractivity (Wildman–Crippen MR) is 108 cm³/mol. The van der Waals surface area contributed by atoms with E-state index in [0.29, 0.717) is 22.0 Å². The van der Waals surface area contributed by atoms with E-state index in [4.69, 9.17) is 11.6 Å². The van der Waals surface area contributed by atoms with Gasteiger partial charge in [-0.15, -0.1) is 0 Å². The summed E-state index contributed by atoms with van der Waals surface area (Å²) in [5.74, 6) is -0.211. The fraction of sp³-hybridized carbons (Fsp3) is 0.150. The third-order valence-electron chi connectivity index (χ3n) is 4.72. The molecule has 0 saturated heterocycles. The Kier molecular flexibility index (Phi) is 4.00. The van der Waals surface area contributed by atoms with Crippen molar-refractivity contribution in [1.29, 1.82) is 0 Å². The molecule has 7 heteroatoms. The summed E-state index contributed by atoms with van der Waals surface area (Å²) in [5.41, 5.74) is 4.15. The molecule has 1 aromatic heterocycles. The molecule has 136 valence electrons. The molecule has 2 heterocycles. The first-order valence-electron chi connectivity index (χ1n) is 8.39. The number of anilines is 1. The van der Waals surface area contributed by atoms with Gasteiger partial charge >= 0.3 is 5.69 Å². The number of hydrazone groups is 1. The zero-order valence-corrected chi connectivity index (χ0v) is 15.9. The lowest BCUT2D eigenvalue weighted by molar-refractivity contribution is -0.114. The van der Waals surface area contributed by atoms with Crippen LogP contribution in [0.5, 0.6) is 0 Å². The highest BCUT2D eigenvalue weighted by Crippen LogP contribution is 2.27. The van der Waals surface area contributed by atoms with Crippen LogP contribution in [0.25, 0.3) is 17.1 Å². The second-order valence-corrected chi connectivity index (χ2v) is 6.93. The van der Waals surface area contributed by atoms with Crippen LogP contribution in [0.15, 0.2) is 57.9 Å². The van der Waals surface area contributed by atoms with Crippen molar-refractivity contribution in [2.75, 3.05) is 5.01 Å². The Morgan fingerprint density at radius 2 is 1.74 bits per heavy atom. The summed E-state index contributed by atoms with van der Waals surface area (Å²) in [7, 11) is 3.47. The van der Waals surface area contributed by atoms with Crippen LogP contribution in [0, 0.1) is 0 Å². The number of fused-ring (bicyclic) bond motifs is 1. The summed E-state index contributed by atoms with van der Waals surface area (Å²) in [5, 5.41) is 6.26. The average Bonchev–Trinajstić information content (AvgIpc) is 3.05. The van der Waals surface area contributed by atoms with Gasteiger partial charge in [0, 0.05) is 19.1 Å². The Hall–Kier alpha value is -3.12. The number of carbonyl (C=O) groups is 1. The van der Waals surface area contributed by atoms with Gasteiger partial charge in [-0.05, 0) is 48.9 Å². The smallest absolute Gasteiger partial charge is 0.295 e. The maximum absolute atomic E-state index is 12.9. The molecule has 0 radical (unpaired) electrons. The number of benzene rings is 2. The lowest BCUT2D eigenvalue weighted by Gasteiger charge is -2.11. The molecule has 0 saturated carbocycles. The number of rotatable bonds is 2. The summed E-state index contributed by atoms with van der Waals surface area (Å²) in [6, 6.07) is 12.7. The third-order valence-corrected chi connectivity index (χ3v) is 4.96. The van der Waals surface area contributed by atoms with Crippen molar-refractivity contribution in [3.05, 3.63) is 69.1 Å². The lowest BCUT2D eigenvalue weighted by atomic mass is 10.1. The number of amides is 1. The zero-order chi connectivity index (χ0) is 19.3. The van der Waals surface area contributed by atoms with E-state index in [-0.39, 0.29) is 11.6 Å². The van der Waals surface area contributed by atoms with E-state index in [0.717, 1.165) is 16.6 Å². The summed E-state index contributed by atoms with van der Waals surface area (Å²) in [4.78, 5) is 25.0. The van der Waals surface area contributed by atoms with Crippen molar-refractivity contribution < 1.29 is 4.79 Å². The van der Waals surface area contributed by atoms with Gasteiger partial charge in [0.05, 0.1) is 28.0 Å². The van der Waals surface area contributed by atoms with Crippen LogP contribution in [0.3, 0.4) is 0 Å². The number of nitrogens with zero attached hydrogens (tertiary/aromatic N) is 4. The Morgan fingerprint density at radius 1 is 1.00 bits per heavy atom. The Morgan fingerprint density at radius 3 is 2.48 bits per heavy atom. The number of hydrogen-bond donors (Lipinski definition) is 0. The standard InChI is InChI=1S/C20H17ClN4O2/c1-12-16(19(26)25(22-12)15-6-4-5-14(21)11-15)9-13-7-8-17-18(10-13)24(3)20(27)23(17)2/h4-11H,1-3H3/b16-9+. The van der Waals surface area contributed by atoms with Crippen molar-refractivity contribution in [1.82, 2.24) is 9.13 Å². The largest absolute Gasteiger partial charge is 0.328 e. The van der Waals surface area contributed by atoms with Gasteiger partial charge in [-0.3, -0.25) is 13.9 Å². The zero-order valence-electron chi connectivity index (χ0n) is 15.1. The van der Waals surface area contributed by atoms with Crippen molar-refractivity contribution in [2.45, 2.75) is 6.92 Å². The Bertz CT molecular complexity index is 1220. The molecule has 2 aromatic carbocycles. The molecule has 3 aromatic rings. The SMILES string of the molecule is CC1=NN(c2cccc(Cl)c2)C(=O)/C1=C/c1ccc2c(c1)n(C)c(=O)n2C. The number of imidazole rings is 1. The van der Waals surface area contributed by atoms with Gasteiger partial charge in [0.15, 0.2) is 0 Å². The quantitative estimate of drug-likeness (QED) is 0.640. The topological polar surface area (TPSA) is 59.6 Å². The molecule has 0 bridgehead atoms. The molecule has 1 amide bonds. The van der Waals surface area contributed by atoms with E-state index in [2.05, 4.69) is 5.10 Å². The molecule has 0 aliphatic carbocycles. The number of hydrogen-bond acceptors (Lipinski definition) is 3. The van der Waals surface area contributed by atoms with Gasteiger partial charge in [-0.1, -0.05) is 23.7 Å². The fourth-order valence-electron chi connectivity index (χ4n) is 3.25. The van der Waals surface area contributed by atoms with Crippen molar-refractivity contribution in [2.24, 2.45) is 19.2 Å². The number of carbonyl (C=O) groups excluding carboxylic acids is 1. The van der Waals surface area contributed by atoms with Crippen molar-refractivity contribution >= 4 is 46.0 Å². The minimum absolute atomic E-state index is 0.0865. The van der Waals surface area contributed by atoms with Gasteiger partial charge < -0.3 is 0 Å². The van der Waals surface area contributed by atoms with E-state index < -0.39 is 0 Å². The van der Waals surface area contributed by atoms with Crippen molar-refractivity contribution in [3.8, 4) is 0 Å². The van der Waals surface area contributed by atoms with E-state index in [1.54, 1.807) is 60.5 Å². The van der Waals surface area contributed by atoms with E-state index in [1.807, 2.05) is 18.2 Å². The van der Waals surface area contributed by atoms with Crippen LogP contribution < -0.4 is 10.7 Å². The summed E-state index contributed by atoms with van der Waals surface area (Å²) < 4.78 is 3.19. The maximum atomic E-state index is 12.9. The molecule has 0 spiro atoms. The number of halogens is 1. The second-order valence-electron chi connectivity index (χ2n) is 6.49.